The second-order valence-electron chi connectivity index (χ2n) is 11.9. The molecule has 0 bridgehead atoms. The van der Waals surface area contributed by atoms with Crippen LogP contribution in [-0.4, -0.2) is 43.4 Å². The Morgan fingerprint density at radius 1 is 0.867 bits per heavy atom. The van der Waals surface area contributed by atoms with Gasteiger partial charge in [-0.3, -0.25) is 9.59 Å². The highest BCUT2D eigenvalue weighted by Crippen LogP contribution is 2.40. The van der Waals surface area contributed by atoms with E-state index in [4.69, 9.17) is 9.47 Å². The molecule has 236 valence electrons. The van der Waals surface area contributed by atoms with E-state index in [1.165, 1.54) is 19.3 Å². The average molecular weight is 624 g/mol. The van der Waals surface area contributed by atoms with Crippen LogP contribution in [-0.2, 0) is 4.79 Å². The molecule has 0 N–H and O–H groups in total. The lowest BCUT2D eigenvalue weighted by Crippen LogP contribution is -2.22. The normalized spacial score (nSPS) is 14.9. The van der Waals surface area contributed by atoms with Crippen molar-refractivity contribution in [3.05, 3.63) is 96.1 Å². The molecule has 6 heteroatoms. The lowest BCUT2D eigenvalue weighted by Gasteiger charge is -2.11. The molecule has 0 radical (unpaired) electrons. The van der Waals surface area contributed by atoms with Gasteiger partial charge < -0.3 is 14.4 Å². The van der Waals surface area contributed by atoms with Gasteiger partial charge in [0.25, 0.3) is 0 Å². The maximum absolute atomic E-state index is 14.0. The van der Waals surface area contributed by atoms with Crippen molar-refractivity contribution in [3.8, 4) is 21.9 Å². The van der Waals surface area contributed by atoms with Crippen LogP contribution in [0, 0.1) is 5.92 Å². The molecule has 5 rings (SSSR count). The Kier molecular flexibility index (Phi) is 11.9. The Hall–Kier alpha value is -3.90. The summed E-state index contributed by atoms with van der Waals surface area (Å²) in [7, 11) is 1.88. The van der Waals surface area contributed by atoms with Gasteiger partial charge in [-0.15, -0.1) is 11.3 Å². The summed E-state index contributed by atoms with van der Waals surface area (Å²) in [5.41, 5.74) is 2.38. The third-order valence-corrected chi connectivity index (χ3v) is 9.72. The van der Waals surface area contributed by atoms with Crippen molar-refractivity contribution in [3.63, 3.8) is 0 Å². The number of rotatable bonds is 17. The molecule has 45 heavy (non-hydrogen) atoms. The number of fused-ring (bicyclic) bond motifs is 1. The molecule has 1 amide bonds. The Morgan fingerprint density at radius 3 is 2.31 bits per heavy atom. The molecule has 5 nitrogen and oxygen atoms in total. The van der Waals surface area contributed by atoms with Gasteiger partial charge >= 0.3 is 0 Å². The number of ketones is 1. The highest BCUT2D eigenvalue weighted by Gasteiger charge is 2.28. The molecule has 0 spiro atoms. The van der Waals surface area contributed by atoms with Crippen LogP contribution in [0.5, 0.6) is 11.5 Å². The third kappa shape index (κ3) is 8.64. The Bertz CT molecular complexity index is 1570. The molecular formula is C39H45NO4S. The van der Waals surface area contributed by atoms with Crippen molar-refractivity contribution in [1.82, 2.24) is 4.90 Å². The van der Waals surface area contributed by atoms with Crippen molar-refractivity contribution >= 4 is 33.1 Å². The number of carbonyl (C=O) groups excluding carboxylic acids is 2. The van der Waals surface area contributed by atoms with Crippen LogP contribution >= 0.6 is 11.3 Å². The first-order valence-corrected chi connectivity index (χ1v) is 17.3. The number of benzene rings is 3. The van der Waals surface area contributed by atoms with E-state index in [9.17, 15) is 9.59 Å². The summed E-state index contributed by atoms with van der Waals surface area (Å²) in [5, 5.41) is 0.973. The summed E-state index contributed by atoms with van der Waals surface area (Å²) in [6.07, 6.45) is 14.0. The van der Waals surface area contributed by atoms with Gasteiger partial charge in [-0.2, -0.15) is 0 Å². The highest BCUT2D eigenvalue weighted by atomic mass is 32.1. The van der Waals surface area contributed by atoms with Crippen LogP contribution in [0.4, 0.5) is 0 Å². The molecule has 1 saturated heterocycles. The third-order valence-electron chi connectivity index (χ3n) is 8.50. The van der Waals surface area contributed by atoms with Crippen LogP contribution in [0.15, 0.2) is 84.9 Å². The van der Waals surface area contributed by atoms with E-state index in [1.54, 1.807) is 11.3 Å². The quantitative estimate of drug-likeness (QED) is 0.0668. The van der Waals surface area contributed by atoms with Crippen LogP contribution in [0.3, 0.4) is 0 Å². The SMILES string of the molecule is CCCCC/C=C/CCOc1ccc(-c2sc3ccccc3c2C(=O)c2ccc(OCCCCC3CCN(C)C3=O)cc2)cc1. The molecule has 1 atom stereocenters. The fraction of sp³-hybridized carbons (Fsp3) is 0.385. The molecule has 1 aromatic heterocycles. The van der Waals surface area contributed by atoms with Gasteiger partial charge in [0.1, 0.15) is 11.5 Å². The number of unbranched alkanes of at least 4 members (excludes halogenated alkanes) is 4. The van der Waals surface area contributed by atoms with Gasteiger partial charge in [0.2, 0.25) is 5.91 Å². The number of hydrogen-bond acceptors (Lipinski definition) is 5. The minimum Gasteiger partial charge on any atom is -0.494 e. The molecule has 1 aliphatic rings. The van der Waals surface area contributed by atoms with Gasteiger partial charge in [-0.25, -0.2) is 0 Å². The minimum atomic E-state index is 0.00579. The number of hydrogen-bond donors (Lipinski definition) is 0. The Balaban J connectivity index is 1.19. The molecule has 4 aromatic rings. The van der Waals surface area contributed by atoms with E-state index in [0.717, 1.165) is 82.7 Å². The molecule has 2 heterocycles. The second kappa shape index (κ2) is 16.4. The zero-order chi connectivity index (χ0) is 31.4. The van der Waals surface area contributed by atoms with Gasteiger partial charge in [-0.05, 0) is 105 Å². The number of nitrogens with zero attached hydrogens (tertiary/aromatic N) is 1. The standard InChI is InChI=1S/C39H45NO4S/c1-3-4-5-6-7-8-12-27-43-33-23-19-30(20-24-33)38-36(34-15-9-10-16-35(34)45-38)37(41)29-17-21-32(22-18-29)44-28-13-11-14-31-25-26-40(2)39(31)42/h7-10,15-24,31H,3-6,11-14,25-28H2,1-2H3/b8-7+. The summed E-state index contributed by atoms with van der Waals surface area (Å²) in [5.74, 6) is 2.03. The lowest BCUT2D eigenvalue weighted by atomic mass is 9.97. The van der Waals surface area contributed by atoms with Gasteiger partial charge in [-0.1, -0.05) is 50.1 Å². The molecule has 1 unspecified atom stereocenters. The summed E-state index contributed by atoms with van der Waals surface area (Å²) >= 11 is 1.65. The second-order valence-corrected chi connectivity index (χ2v) is 12.9. The zero-order valence-corrected chi connectivity index (χ0v) is 27.5. The van der Waals surface area contributed by atoms with E-state index in [0.29, 0.717) is 18.8 Å². The summed E-state index contributed by atoms with van der Waals surface area (Å²) in [4.78, 5) is 28.8. The van der Waals surface area contributed by atoms with Crippen LogP contribution < -0.4 is 9.47 Å². The predicted molar refractivity (Wildman–Crippen MR) is 186 cm³/mol. The first-order chi connectivity index (χ1) is 22.0. The van der Waals surface area contributed by atoms with Gasteiger partial charge in [0, 0.05) is 45.6 Å². The topological polar surface area (TPSA) is 55.8 Å². The Morgan fingerprint density at radius 2 is 1.58 bits per heavy atom. The molecular weight excluding hydrogens is 578 g/mol. The molecule has 1 fully saturated rings. The van der Waals surface area contributed by atoms with Crippen molar-refractivity contribution in [2.75, 3.05) is 26.8 Å². The Labute approximate surface area is 271 Å². The molecule has 1 aliphatic heterocycles. The van der Waals surface area contributed by atoms with Crippen LogP contribution in [0.25, 0.3) is 20.5 Å². The van der Waals surface area contributed by atoms with Crippen molar-refractivity contribution in [2.24, 2.45) is 5.92 Å². The lowest BCUT2D eigenvalue weighted by molar-refractivity contribution is -0.130. The number of amides is 1. The van der Waals surface area contributed by atoms with E-state index < -0.39 is 0 Å². The summed E-state index contributed by atoms with van der Waals surface area (Å²) in [6, 6.07) is 23.7. The number of likely N-dealkylation sites (tertiary alicyclic amines) is 1. The summed E-state index contributed by atoms with van der Waals surface area (Å²) in [6.45, 7) is 4.34. The van der Waals surface area contributed by atoms with E-state index >= 15 is 0 Å². The molecule has 0 saturated carbocycles. The van der Waals surface area contributed by atoms with Crippen LogP contribution in [0.1, 0.15) is 80.6 Å². The average Bonchev–Trinajstić information content (AvgIpc) is 3.61. The predicted octanol–water partition coefficient (Wildman–Crippen LogP) is 9.73. The van der Waals surface area contributed by atoms with Crippen molar-refractivity contribution in [2.45, 2.75) is 64.7 Å². The fourth-order valence-electron chi connectivity index (χ4n) is 5.86. The maximum atomic E-state index is 14.0. The number of ether oxygens (including phenoxy) is 2. The van der Waals surface area contributed by atoms with Gasteiger partial charge in [0.05, 0.1) is 13.2 Å². The monoisotopic (exact) mass is 623 g/mol. The fourth-order valence-corrected chi connectivity index (χ4v) is 7.07. The van der Waals surface area contributed by atoms with Crippen molar-refractivity contribution in [1.29, 1.82) is 0 Å². The van der Waals surface area contributed by atoms with Gasteiger partial charge in [0.15, 0.2) is 5.78 Å². The molecule has 0 aliphatic carbocycles. The smallest absolute Gasteiger partial charge is 0.225 e. The van der Waals surface area contributed by atoms with E-state index in [2.05, 4.69) is 37.3 Å². The number of thiophene rings is 1. The summed E-state index contributed by atoms with van der Waals surface area (Å²) < 4.78 is 13.0. The zero-order valence-electron chi connectivity index (χ0n) is 26.6. The number of carbonyl (C=O) groups is 2. The van der Waals surface area contributed by atoms with E-state index in [1.807, 2.05) is 66.5 Å². The molecule has 3 aromatic carbocycles. The minimum absolute atomic E-state index is 0.00579. The first-order valence-electron chi connectivity index (χ1n) is 16.5. The van der Waals surface area contributed by atoms with E-state index in [-0.39, 0.29) is 17.6 Å². The first kappa shape index (κ1) is 32.5. The highest BCUT2D eigenvalue weighted by molar-refractivity contribution is 7.22. The van der Waals surface area contributed by atoms with Crippen LogP contribution in [0.2, 0.25) is 0 Å². The number of allylic oxidation sites excluding steroid dienone is 1. The van der Waals surface area contributed by atoms with Crippen molar-refractivity contribution < 1.29 is 19.1 Å². The largest absolute Gasteiger partial charge is 0.494 e. The maximum Gasteiger partial charge on any atom is 0.225 e.